The molecule has 2 N–H and O–H groups in total. The van der Waals surface area contributed by atoms with Gasteiger partial charge in [-0.2, -0.15) is 0 Å². The number of hydrogen-bond donors (Lipinski definition) is 2. The topological polar surface area (TPSA) is 97.5 Å². The van der Waals surface area contributed by atoms with Crippen LogP contribution in [0.5, 0.6) is 11.5 Å². The Morgan fingerprint density at radius 1 is 1.13 bits per heavy atom. The molecular weight excluding hydrogens is 320 g/mol. The molecule has 0 atom stereocenters. The summed E-state index contributed by atoms with van der Waals surface area (Å²) < 4.78 is 36.3. The second-order valence-electron chi connectivity index (χ2n) is 5.06. The van der Waals surface area contributed by atoms with Crippen molar-refractivity contribution in [3.63, 3.8) is 0 Å². The molecule has 0 saturated heterocycles. The first-order valence-corrected chi connectivity index (χ1v) is 8.80. The third-order valence-corrected chi connectivity index (χ3v) is 4.91. The average molecular weight is 340 g/mol. The van der Waals surface area contributed by atoms with Gasteiger partial charge in [0.25, 0.3) is 5.56 Å². The lowest BCUT2D eigenvalue weighted by atomic mass is 10.1. The molecule has 7 nitrogen and oxygen atoms in total. The van der Waals surface area contributed by atoms with Crippen LogP contribution in [0.2, 0.25) is 0 Å². The number of aromatic amines is 1. The van der Waals surface area contributed by atoms with Gasteiger partial charge in [-0.1, -0.05) is 6.92 Å². The van der Waals surface area contributed by atoms with Crippen LogP contribution in [0.4, 0.5) is 0 Å². The van der Waals surface area contributed by atoms with Crippen LogP contribution in [0.15, 0.2) is 23.0 Å². The molecule has 1 heterocycles. The molecule has 1 aromatic carbocycles. The fraction of sp³-hybridized carbons (Fsp3) is 0.400. The van der Waals surface area contributed by atoms with Crippen LogP contribution in [0, 0.1) is 0 Å². The van der Waals surface area contributed by atoms with Gasteiger partial charge in [-0.25, -0.2) is 13.1 Å². The number of pyridine rings is 1. The Hall–Kier alpha value is -2.06. The fourth-order valence-corrected chi connectivity index (χ4v) is 3.30. The summed E-state index contributed by atoms with van der Waals surface area (Å²) in [6.45, 7) is 1.73. The van der Waals surface area contributed by atoms with Gasteiger partial charge in [0.2, 0.25) is 10.0 Å². The van der Waals surface area contributed by atoms with Gasteiger partial charge in [-0.15, -0.1) is 0 Å². The van der Waals surface area contributed by atoms with Crippen molar-refractivity contribution in [1.29, 1.82) is 0 Å². The zero-order valence-corrected chi connectivity index (χ0v) is 14.1. The summed E-state index contributed by atoms with van der Waals surface area (Å²) in [6, 6.07) is 5.04. The van der Waals surface area contributed by atoms with E-state index in [9.17, 15) is 13.2 Å². The van der Waals surface area contributed by atoms with Crippen LogP contribution >= 0.6 is 0 Å². The number of benzene rings is 1. The molecule has 2 rings (SSSR count). The highest BCUT2D eigenvalue weighted by Crippen LogP contribution is 2.30. The van der Waals surface area contributed by atoms with Crippen LogP contribution in [-0.2, 0) is 16.6 Å². The molecule has 0 unspecified atom stereocenters. The van der Waals surface area contributed by atoms with E-state index in [1.165, 1.54) is 14.2 Å². The average Bonchev–Trinajstić information content (AvgIpc) is 2.51. The van der Waals surface area contributed by atoms with E-state index in [0.717, 1.165) is 5.39 Å². The standard InChI is InChI=1S/C15H20N2O5S/c1-4-5-23(19,20)16-9-11-6-10-7-13(21-2)14(22-3)8-12(10)17-15(11)18/h6-8,16H,4-5,9H2,1-3H3,(H,17,18). The number of ether oxygens (including phenoxy) is 2. The summed E-state index contributed by atoms with van der Waals surface area (Å²) in [7, 11) is -0.335. The number of sulfonamides is 1. The number of aromatic nitrogens is 1. The van der Waals surface area contributed by atoms with Crippen molar-refractivity contribution in [2.45, 2.75) is 19.9 Å². The predicted molar refractivity (Wildman–Crippen MR) is 88.6 cm³/mol. The normalized spacial score (nSPS) is 11.6. The van der Waals surface area contributed by atoms with Crippen LogP contribution in [0.3, 0.4) is 0 Å². The van der Waals surface area contributed by atoms with E-state index in [1.54, 1.807) is 25.1 Å². The zero-order valence-electron chi connectivity index (χ0n) is 13.3. The van der Waals surface area contributed by atoms with E-state index in [2.05, 4.69) is 9.71 Å². The third-order valence-electron chi connectivity index (χ3n) is 3.38. The second kappa shape index (κ2) is 7.01. The highest BCUT2D eigenvalue weighted by Gasteiger charge is 2.12. The quantitative estimate of drug-likeness (QED) is 0.793. The Balaban J connectivity index is 2.39. The van der Waals surface area contributed by atoms with Crippen LogP contribution in [-0.4, -0.2) is 33.4 Å². The van der Waals surface area contributed by atoms with Crippen molar-refractivity contribution in [3.8, 4) is 11.5 Å². The SMILES string of the molecule is CCCS(=O)(=O)NCc1cc2cc(OC)c(OC)cc2[nH]c1=O. The number of hydrogen-bond acceptors (Lipinski definition) is 5. The van der Waals surface area contributed by atoms with Crippen LogP contribution in [0.25, 0.3) is 10.9 Å². The first kappa shape index (κ1) is 17.3. The molecule has 0 aliphatic heterocycles. The molecule has 0 bridgehead atoms. The Labute approximate surface area is 134 Å². The van der Waals surface area contributed by atoms with Gasteiger partial charge in [0.15, 0.2) is 11.5 Å². The summed E-state index contributed by atoms with van der Waals surface area (Å²) in [5.41, 5.74) is 0.584. The minimum Gasteiger partial charge on any atom is -0.493 e. The summed E-state index contributed by atoms with van der Waals surface area (Å²) in [5.74, 6) is 1.07. The molecule has 0 amide bonds. The number of nitrogens with one attached hydrogen (secondary N) is 2. The van der Waals surface area contributed by atoms with E-state index in [0.29, 0.717) is 29.0 Å². The Kier molecular flexibility index (Phi) is 5.27. The highest BCUT2D eigenvalue weighted by atomic mass is 32.2. The monoisotopic (exact) mass is 340 g/mol. The smallest absolute Gasteiger partial charge is 0.252 e. The number of methoxy groups -OCH3 is 2. The Bertz CT molecular complexity index is 858. The minimum absolute atomic E-state index is 0.0313. The van der Waals surface area contributed by atoms with Gasteiger partial charge in [0.05, 0.1) is 25.5 Å². The van der Waals surface area contributed by atoms with Crippen molar-refractivity contribution >= 4 is 20.9 Å². The minimum atomic E-state index is -3.37. The van der Waals surface area contributed by atoms with E-state index in [-0.39, 0.29) is 17.9 Å². The Morgan fingerprint density at radius 3 is 2.39 bits per heavy atom. The number of rotatable bonds is 7. The zero-order chi connectivity index (χ0) is 17.0. The van der Waals surface area contributed by atoms with Crippen molar-refractivity contribution in [2.75, 3.05) is 20.0 Å². The van der Waals surface area contributed by atoms with Gasteiger partial charge in [-0.3, -0.25) is 4.79 Å². The molecule has 1 aromatic heterocycles. The summed E-state index contributed by atoms with van der Waals surface area (Å²) >= 11 is 0. The van der Waals surface area contributed by atoms with Crippen LogP contribution in [0.1, 0.15) is 18.9 Å². The van der Waals surface area contributed by atoms with Crippen molar-refractivity contribution in [2.24, 2.45) is 0 Å². The molecule has 23 heavy (non-hydrogen) atoms. The van der Waals surface area contributed by atoms with E-state index in [4.69, 9.17) is 9.47 Å². The van der Waals surface area contributed by atoms with Crippen molar-refractivity contribution in [3.05, 3.63) is 34.1 Å². The fourth-order valence-electron chi connectivity index (χ4n) is 2.24. The van der Waals surface area contributed by atoms with E-state index < -0.39 is 10.0 Å². The Morgan fingerprint density at radius 2 is 1.78 bits per heavy atom. The van der Waals surface area contributed by atoms with Gasteiger partial charge < -0.3 is 14.5 Å². The van der Waals surface area contributed by atoms with Crippen LogP contribution < -0.4 is 19.8 Å². The molecule has 0 fully saturated rings. The predicted octanol–water partition coefficient (Wildman–Crippen LogP) is 1.37. The lowest BCUT2D eigenvalue weighted by Crippen LogP contribution is -2.28. The first-order chi connectivity index (χ1) is 10.9. The maximum atomic E-state index is 12.1. The third kappa shape index (κ3) is 4.02. The van der Waals surface area contributed by atoms with Crippen molar-refractivity contribution < 1.29 is 17.9 Å². The maximum absolute atomic E-state index is 12.1. The second-order valence-corrected chi connectivity index (χ2v) is 6.98. The van der Waals surface area contributed by atoms with Gasteiger partial charge in [0, 0.05) is 23.6 Å². The summed E-state index contributed by atoms with van der Waals surface area (Å²) in [6.07, 6.45) is 0.514. The highest BCUT2D eigenvalue weighted by molar-refractivity contribution is 7.89. The van der Waals surface area contributed by atoms with Gasteiger partial charge in [-0.05, 0) is 18.6 Å². The van der Waals surface area contributed by atoms with Gasteiger partial charge in [0.1, 0.15) is 0 Å². The molecule has 0 aliphatic carbocycles. The number of H-pyrrole nitrogens is 1. The molecular formula is C15H20N2O5S. The molecule has 2 aromatic rings. The molecule has 0 spiro atoms. The first-order valence-electron chi connectivity index (χ1n) is 7.15. The summed E-state index contributed by atoms with van der Waals surface area (Å²) in [4.78, 5) is 14.8. The molecule has 0 radical (unpaired) electrons. The molecule has 126 valence electrons. The van der Waals surface area contributed by atoms with E-state index in [1.807, 2.05) is 0 Å². The molecule has 0 aliphatic rings. The lowest BCUT2D eigenvalue weighted by Gasteiger charge is -2.10. The molecule has 0 saturated carbocycles. The lowest BCUT2D eigenvalue weighted by molar-refractivity contribution is 0.356. The van der Waals surface area contributed by atoms with Gasteiger partial charge >= 0.3 is 0 Å². The summed E-state index contributed by atoms with van der Waals surface area (Å²) in [5, 5.41) is 0.729. The maximum Gasteiger partial charge on any atom is 0.252 e. The number of fused-ring (bicyclic) bond motifs is 1. The van der Waals surface area contributed by atoms with Crippen molar-refractivity contribution in [1.82, 2.24) is 9.71 Å². The molecule has 8 heteroatoms. The largest absolute Gasteiger partial charge is 0.493 e. The van der Waals surface area contributed by atoms with E-state index >= 15 is 0 Å².